The van der Waals surface area contributed by atoms with Gasteiger partial charge >= 0.3 is 0 Å². The van der Waals surface area contributed by atoms with Crippen LogP contribution in [-0.2, 0) is 0 Å². The van der Waals surface area contributed by atoms with Crippen LogP contribution in [0.4, 0.5) is 0 Å². The van der Waals surface area contributed by atoms with Crippen LogP contribution in [0.25, 0.3) is 0 Å². The van der Waals surface area contributed by atoms with Gasteiger partial charge in [0.2, 0.25) is 0 Å². The molecule has 174 valence electrons. The van der Waals surface area contributed by atoms with Gasteiger partial charge in [-0.05, 0) is 61.8 Å². The van der Waals surface area contributed by atoms with Crippen molar-refractivity contribution in [2.75, 3.05) is 13.1 Å². The van der Waals surface area contributed by atoms with Gasteiger partial charge in [0, 0.05) is 42.6 Å². The first-order chi connectivity index (χ1) is 15.6. The number of fused-ring (bicyclic) bond motifs is 1. The van der Waals surface area contributed by atoms with Crippen LogP contribution in [0.2, 0.25) is 0 Å². The standard InChI is InChI=1S/C28H40N2O2/c31-18-20-9-11-22(12-10-20)26(21-6-1-2-7-21)24-16-23(28(32)19-30(24)28)17-29-25-8-5-15-27(25)13-3-4-14-27/h9-12,18,21,23-26,29,32H,1-8,13-17,19H2/t23-,24+,25+,26+,28-,30?/m0/s1. The summed E-state index contributed by atoms with van der Waals surface area (Å²) in [5.74, 6) is 1.52. The molecule has 0 aromatic heterocycles. The third-order valence-corrected chi connectivity index (χ3v) is 10.3. The normalized spacial score (nSPS) is 38.9. The summed E-state index contributed by atoms with van der Waals surface area (Å²) in [7, 11) is 0. The van der Waals surface area contributed by atoms with Gasteiger partial charge in [0.05, 0.1) is 0 Å². The quantitative estimate of drug-likeness (QED) is 0.473. The molecule has 2 heterocycles. The SMILES string of the molecule is O=Cc1ccc([C@@H](C2CCCC2)[C@H]2C[C@@H](CN[C@@H]3CCCC34CCCC4)[C@@]3(O)CN23)cc1. The summed E-state index contributed by atoms with van der Waals surface area (Å²) in [5.41, 5.74) is 2.11. The van der Waals surface area contributed by atoms with Gasteiger partial charge in [0.1, 0.15) is 12.0 Å². The molecular weight excluding hydrogens is 396 g/mol. The minimum absolute atomic E-state index is 0.338. The summed E-state index contributed by atoms with van der Waals surface area (Å²) in [6, 6.07) is 9.43. The van der Waals surface area contributed by atoms with Crippen molar-refractivity contribution in [2.24, 2.45) is 17.3 Å². The largest absolute Gasteiger partial charge is 0.374 e. The van der Waals surface area contributed by atoms with Crippen LogP contribution in [-0.4, -0.2) is 47.2 Å². The molecule has 3 aliphatic carbocycles. The smallest absolute Gasteiger partial charge is 0.150 e. The first kappa shape index (κ1) is 21.3. The van der Waals surface area contributed by atoms with Crippen LogP contribution >= 0.6 is 0 Å². The lowest BCUT2D eigenvalue weighted by molar-refractivity contribution is 0.0571. The summed E-state index contributed by atoms with van der Waals surface area (Å²) >= 11 is 0. The Morgan fingerprint density at radius 2 is 1.75 bits per heavy atom. The molecular formula is C28H40N2O2. The molecule has 2 N–H and O–H groups in total. The van der Waals surface area contributed by atoms with Crippen molar-refractivity contribution in [1.29, 1.82) is 0 Å². The number of aliphatic hydroxyl groups is 1. The fourth-order valence-electron chi connectivity index (χ4n) is 8.52. The molecule has 0 amide bonds. The van der Waals surface area contributed by atoms with E-state index >= 15 is 0 Å². The molecule has 0 radical (unpaired) electrons. The first-order valence-corrected chi connectivity index (χ1v) is 13.4. The van der Waals surface area contributed by atoms with Crippen molar-refractivity contribution in [1.82, 2.24) is 10.2 Å². The number of carbonyl (C=O) groups is 1. The molecule has 1 aromatic rings. The average molecular weight is 437 g/mol. The molecule has 1 aromatic carbocycles. The highest BCUT2D eigenvalue weighted by atomic mass is 16.3. The molecule has 5 fully saturated rings. The molecule has 4 heteroatoms. The van der Waals surface area contributed by atoms with E-state index in [9.17, 15) is 9.90 Å². The van der Waals surface area contributed by atoms with E-state index in [1.807, 2.05) is 12.1 Å². The van der Waals surface area contributed by atoms with E-state index in [0.717, 1.165) is 31.4 Å². The van der Waals surface area contributed by atoms with Gasteiger partial charge in [-0.15, -0.1) is 0 Å². The Morgan fingerprint density at radius 1 is 1.03 bits per heavy atom. The number of nitrogens with one attached hydrogen (secondary N) is 1. The summed E-state index contributed by atoms with van der Waals surface area (Å²) in [4.78, 5) is 13.6. The number of benzene rings is 1. The van der Waals surface area contributed by atoms with E-state index < -0.39 is 5.72 Å². The van der Waals surface area contributed by atoms with Gasteiger partial charge in [-0.3, -0.25) is 9.69 Å². The maximum Gasteiger partial charge on any atom is 0.150 e. The molecule has 6 atom stereocenters. The molecule has 2 saturated heterocycles. The van der Waals surface area contributed by atoms with Crippen LogP contribution in [0.15, 0.2) is 24.3 Å². The lowest BCUT2D eigenvalue weighted by Crippen LogP contribution is -2.44. The highest BCUT2D eigenvalue weighted by molar-refractivity contribution is 5.74. The van der Waals surface area contributed by atoms with E-state index in [-0.39, 0.29) is 0 Å². The van der Waals surface area contributed by atoms with Crippen molar-refractivity contribution in [3.8, 4) is 0 Å². The fraction of sp³-hybridized carbons (Fsp3) is 0.750. The van der Waals surface area contributed by atoms with Crippen LogP contribution < -0.4 is 5.32 Å². The molecule has 0 bridgehead atoms. The number of aldehydes is 1. The first-order valence-electron chi connectivity index (χ1n) is 13.4. The van der Waals surface area contributed by atoms with E-state index in [4.69, 9.17) is 0 Å². The lowest BCUT2D eigenvalue weighted by atomic mass is 9.77. The Balaban J connectivity index is 1.18. The predicted octanol–water partition coefficient (Wildman–Crippen LogP) is 4.87. The van der Waals surface area contributed by atoms with Crippen molar-refractivity contribution >= 4 is 6.29 Å². The van der Waals surface area contributed by atoms with Crippen LogP contribution in [0.3, 0.4) is 0 Å². The monoisotopic (exact) mass is 436 g/mol. The third-order valence-electron chi connectivity index (χ3n) is 10.3. The van der Waals surface area contributed by atoms with Crippen LogP contribution in [0, 0.1) is 17.3 Å². The van der Waals surface area contributed by atoms with Crippen LogP contribution in [0.5, 0.6) is 0 Å². The number of nitrogens with zero attached hydrogens (tertiary/aromatic N) is 1. The Labute approximate surface area is 193 Å². The van der Waals surface area contributed by atoms with Crippen LogP contribution in [0.1, 0.15) is 98.9 Å². The van der Waals surface area contributed by atoms with Gasteiger partial charge in [0.15, 0.2) is 0 Å². The molecule has 3 saturated carbocycles. The second kappa shape index (κ2) is 8.21. The molecule has 1 spiro atoms. The number of hydrogen-bond donors (Lipinski definition) is 2. The fourth-order valence-corrected chi connectivity index (χ4v) is 8.52. The molecule has 6 rings (SSSR count). The Kier molecular flexibility index (Phi) is 5.47. The minimum Gasteiger partial charge on any atom is -0.374 e. The molecule has 2 aliphatic heterocycles. The molecule has 1 unspecified atom stereocenters. The maximum absolute atomic E-state index is 11.5. The van der Waals surface area contributed by atoms with Gasteiger partial charge in [0.25, 0.3) is 0 Å². The molecule has 5 aliphatic rings. The third kappa shape index (κ3) is 3.49. The second-order valence-electron chi connectivity index (χ2n) is 11.8. The van der Waals surface area contributed by atoms with Gasteiger partial charge in [-0.25, -0.2) is 0 Å². The molecule has 4 nitrogen and oxygen atoms in total. The topological polar surface area (TPSA) is 52.3 Å². The second-order valence-corrected chi connectivity index (χ2v) is 11.8. The molecule has 32 heavy (non-hydrogen) atoms. The zero-order valence-electron chi connectivity index (χ0n) is 19.5. The Hall–Kier alpha value is -1.23. The summed E-state index contributed by atoms with van der Waals surface area (Å²) < 4.78 is 0. The highest BCUT2D eigenvalue weighted by Crippen LogP contribution is 2.56. The Bertz CT molecular complexity index is 821. The van der Waals surface area contributed by atoms with E-state index in [2.05, 4.69) is 22.3 Å². The average Bonchev–Trinajstić information content (AvgIpc) is 3.37. The number of piperidine rings is 1. The maximum atomic E-state index is 11.5. The predicted molar refractivity (Wildman–Crippen MR) is 127 cm³/mol. The highest BCUT2D eigenvalue weighted by Gasteiger charge is 2.66. The van der Waals surface area contributed by atoms with E-state index in [1.54, 1.807) is 0 Å². The van der Waals surface area contributed by atoms with Gasteiger partial charge < -0.3 is 10.4 Å². The lowest BCUT2D eigenvalue weighted by Gasteiger charge is -2.34. The Morgan fingerprint density at radius 3 is 2.47 bits per heavy atom. The number of hydrogen-bond acceptors (Lipinski definition) is 4. The van der Waals surface area contributed by atoms with Crippen molar-refractivity contribution < 1.29 is 9.90 Å². The number of carbonyl (C=O) groups excluding carboxylic acids is 1. The summed E-state index contributed by atoms with van der Waals surface area (Å²) in [6.45, 7) is 1.81. The summed E-state index contributed by atoms with van der Waals surface area (Å²) in [6.07, 6.45) is 17.1. The van der Waals surface area contributed by atoms with Crippen molar-refractivity contribution in [2.45, 2.75) is 101 Å². The zero-order chi connectivity index (χ0) is 21.8. The summed E-state index contributed by atoms with van der Waals surface area (Å²) in [5, 5.41) is 15.5. The van der Waals surface area contributed by atoms with E-state index in [1.165, 1.54) is 76.2 Å². The minimum atomic E-state index is -0.585. The zero-order valence-corrected chi connectivity index (χ0v) is 19.5. The van der Waals surface area contributed by atoms with Crippen molar-refractivity contribution in [3.05, 3.63) is 35.4 Å². The van der Waals surface area contributed by atoms with Crippen molar-refractivity contribution in [3.63, 3.8) is 0 Å². The van der Waals surface area contributed by atoms with E-state index in [0.29, 0.717) is 35.3 Å². The number of rotatable bonds is 7. The van der Waals surface area contributed by atoms with Gasteiger partial charge in [-0.2, -0.15) is 0 Å². The van der Waals surface area contributed by atoms with Gasteiger partial charge in [-0.1, -0.05) is 56.4 Å².